The van der Waals surface area contributed by atoms with Gasteiger partial charge < -0.3 is 10.4 Å². The van der Waals surface area contributed by atoms with Gasteiger partial charge in [0.25, 0.3) is 0 Å². The average Bonchev–Trinajstić information content (AvgIpc) is 2.49. The highest BCUT2D eigenvalue weighted by Crippen LogP contribution is 2.29. The zero-order valence-corrected chi connectivity index (χ0v) is 12.3. The van der Waals surface area contributed by atoms with Gasteiger partial charge in [-0.1, -0.05) is 30.3 Å². The van der Waals surface area contributed by atoms with E-state index in [9.17, 15) is 9.90 Å². The molecule has 2 N–H and O–H groups in total. The number of fused-ring (bicyclic) bond motifs is 1. The summed E-state index contributed by atoms with van der Waals surface area (Å²) in [5.41, 5.74) is 6.12. The number of rotatable bonds is 2. The summed E-state index contributed by atoms with van der Waals surface area (Å²) < 4.78 is 0. The predicted octanol–water partition coefficient (Wildman–Crippen LogP) is 3.27. The lowest BCUT2D eigenvalue weighted by molar-refractivity contribution is -0.116. The van der Waals surface area contributed by atoms with Gasteiger partial charge in [-0.05, 0) is 54.2 Å². The summed E-state index contributed by atoms with van der Waals surface area (Å²) in [6.07, 6.45) is 0.609. The first kappa shape index (κ1) is 13.8. The third-order valence-electron chi connectivity index (χ3n) is 4.19. The van der Waals surface area contributed by atoms with Crippen molar-refractivity contribution < 1.29 is 9.90 Å². The minimum atomic E-state index is -0.632. The molecule has 1 atom stereocenters. The number of carbonyl (C=O) groups excluding carboxylic acids is 1. The number of hydrogen-bond donors (Lipinski definition) is 2. The number of hydrogen-bond acceptors (Lipinski definition) is 2. The van der Waals surface area contributed by atoms with E-state index in [4.69, 9.17) is 0 Å². The van der Waals surface area contributed by atoms with Crippen molar-refractivity contribution in [1.29, 1.82) is 0 Å². The second-order valence-corrected chi connectivity index (χ2v) is 5.71. The molecule has 108 valence electrons. The lowest BCUT2D eigenvalue weighted by Crippen LogP contribution is -2.19. The summed E-state index contributed by atoms with van der Waals surface area (Å²) in [4.78, 5) is 11.4. The maximum absolute atomic E-state index is 11.4. The standard InChI is InChI=1S/C18H19NO2/c1-11-3-4-14(9-12(11)2)18(21)15-5-7-16-13(10-15)6-8-17(20)19-16/h3-5,7,9-10,18,21H,6,8H2,1-2H3,(H,19,20). The van der Waals surface area contributed by atoms with Gasteiger partial charge in [-0.15, -0.1) is 0 Å². The molecule has 0 fully saturated rings. The van der Waals surface area contributed by atoms with E-state index in [1.165, 1.54) is 11.1 Å². The van der Waals surface area contributed by atoms with Gasteiger partial charge in [0.15, 0.2) is 0 Å². The van der Waals surface area contributed by atoms with Crippen LogP contribution in [0.1, 0.15) is 40.3 Å². The van der Waals surface area contributed by atoms with Crippen molar-refractivity contribution in [2.45, 2.75) is 32.8 Å². The van der Waals surface area contributed by atoms with E-state index >= 15 is 0 Å². The molecule has 2 aromatic rings. The largest absolute Gasteiger partial charge is 0.384 e. The predicted molar refractivity (Wildman–Crippen MR) is 83.4 cm³/mol. The van der Waals surface area contributed by atoms with Gasteiger partial charge in [-0.3, -0.25) is 4.79 Å². The Morgan fingerprint density at radius 2 is 1.71 bits per heavy atom. The van der Waals surface area contributed by atoms with E-state index in [-0.39, 0.29) is 5.91 Å². The second-order valence-electron chi connectivity index (χ2n) is 5.71. The zero-order chi connectivity index (χ0) is 15.0. The number of nitrogens with one attached hydrogen (secondary N) is 1. The van der Waals surface area contributed by atoms with E-state index in [1.54, 1.807) is 0 Å². The monoisotopic (exact) mass is 281 g/mol. The van der Waals surface area contributed by atoms with Crippen LogP contribution in [0.15, 0.2) is 36.4 Å². The maximum Gasteiger partial charge on any atom is 0.224 e. The SMILES string of the molecule is Cc1ccc(C(O)c2ccc3c(c2)CCC(=O)N3)cc1C. The van der Waals surface area contributed by atoms with Crippen molar-refractivity contribution in [3.05, 3.63) is 64.2 Å². The van der Waals surface area contributed by atoms with Crippen LogP contribution < -0.4 is 5.32 Å². The molecule has 3 rings (SSSR count). The van der Waals surface area contributed by atoms with Crippen LogP contribution in [0.3, 0.4) is 0 Å². The minimum absolute atomic E-state index is 0.0601. The lowest BCUT2D eigenvalue weighted by Gasteiger charge is -2.20. The van der Waals surface area contributed by atoms with Crippen LogP contribution in [0.2, 0.25) is 0 Å². The molecular weight excluding hydrogens is 262 g/mol. The Morgan fingerprint density at radius 1 is 1.00 bits per heavy atom. The molecule has 0 saturated heterocycles. The van der Waals surface area contributed by atoms with E-state index in [2.05, 4.69) is 12.2 Å². The highest BCUT2D eigenvalue weighted by molar-refractivity contribution is 5.93. The van der Waals surface area contributed by atoms with E-state index in [0.717, 1.165) is 28.8 Å². The molecule has 0 spiro atoms. The van der Waals surface area contributed by atoms with Crippen LogP contribution in [0.5, 0.6) is 0 Å². The van der Waals surface area contributed by atoms with Gasteiger partial charge in [0.2, 0.25) is 5.91 Å². The number of aryl methyl sites for hydroxylation is 3. The number of anilines is 1. The van der Waals surface area contributed by atoms with Crippen LogP contribution in [-0.4, -0.2) is 11.0 Å². The van der Waals surface area contributed by atoms with Crippen molar-refractivity contribution in [3.63, 3.8) is 0 Å². The quantitative estimate of drug-likeness (QED) is 0.887. The fourth-order valence-corrected chi connectivity index (χ4v) is 2.70. The molecule has 0 saturated carbocycles. The molecule has 0 radical (unpaired) electrons. The topological polar surface area (TPSA) is 49.3 Å². The molecule has 1 unspecified atom stereocenters. The summed E-state index contributed by atoms with van der Waals surface area (Å²) in [6.45, 7) is 4.11. The van der Waals surface area contributed by atoms with Crippen LogP contribution in [0.25, 0.3) is 0 Å². The molecule has 1 heterocycles. The van der Waals surface area contributed by atoms with Crippen LogP contribution in [0, 0.1) is 13.8 Å². The number of benzene rings is 2. The molecule has 3 heteroatoms. The zero-order valence-electron chi connectivity index (χ0n) is 12.3. The van der Waals surface area contributed by atoms with Crippen LogP contribution in [0.4, 0.5) is 5.69 Å². The van der Waals surface area contributed by atoms with Crippen LogP contribution >= 0.6 is 0 Å². The Labute approximate surface area is 124 Å². The van der Waals surface area contributed by atoms with Crippen molar-refractivity contribution in [1.82, 2.24) is 0 Å². The molecule has 1 aliphatic heterocycles. The third kappa shape index (κ3) is 2.69. The van der Waals surface area contributed by atoms with Gasteiger partial charge in [0.05, 0.1) is 0 Å². The van der Waals surface area contributed by atoms with E-state index in [1.807, 2.05) is 43.3 Å². The molecule has 0 aliphatic carbocycles. The number of carbonyl (C=O) groups is 1. The van der Waals surface area contributed by atoms with Crippen molar-refractivity contribution in [2.24, 2.45) is 0 Å². The summed E-state index contributed by atoms with van der Waals surface area (Å²) >= 11 is 0. The Kier molecular flexibility index (Phi) is 3.52. The van der Waals surface area contributed by atoms with Gasteiger partial charge in [-0.25, -0.2) is 0 Å². The molecule has 1 aliphatic rings. The molecule has 0 aromatic heterocycles. The molecular formula is C18H19NO2. The van der Waals surface area contributed by atoms with Crippen molar-refractivity contribution in [3.8, 4) is 0 Å². The summed E-state index contributed by atoms with van der Waals surface area (Å²) in [5.74, 6) is 0.0601. The summed E-state index contributed by atoms with van der Waals surface area (Å²) in [7, 11) is 0. The molecule has 21 heavy (non-hydrogen) atoms. The third-order valence-corrected chi connectivity index (χ3v) is 4.19. The van der Waals surface area contributed by atoms with E-state index in [0.29, 0.717) is 6.42 Å². The van der Waals surface area contributed by atoms with Gasteiger partial charge >= 0.3 is 0 Å². The summed E-state index contributed by atoms with van der Waals surface area (Å²) in [6, 6.07) is 11.8. The normalized spacial score (nSPS) is 15.3. The number of aliphatic hydroxyl groups excluding tert-OH is 1. The maximum atomic E-state index is 11.4. The highest BCUT2D eigenvalue weighted by atomic mass is 16.3. The van der Waals surface area contributed by atoms with Gasteiger partial charge in [0, 0.05) is 12.1 Å². The fraction of sp³-hybridized carbons (Fsp3) is 0.278. The average molecular weight is 281 g/mol. The van der Waals surface area contributed by atoms with E-state index < -0.39 is 6.10 Å². The van der Waals surface area contributed by atoms with Gasteiger partial charge in [0.1, 0.15) is 6.10 Å². The Bertz CT molecular complexity index is 706. The fourth-order valence-electron chi connectivity index (χ4n) is 2.70. The second kappa shape index (κ2) is 5.34. The Balaban J connectivity index is 1.93. The summed E-state index contributed by atoms with van der Waals surface area (Å²) in [5, 5.41) is 13.4. The molecule has 1 amide bonds. The highest BCUT2D eigenvalue weighted by Gasteiger charge is 2.18. The Morgan fingerprint density at radius 3 is 2.48 bits per heavy atom. The molecule has 3 nitrogen and oxygen atoms in total. The van der Waals surface area contributed by atoms with Crippen LogP contribution in [-0.2, 0) is 11.2 Å². The first-order valence-corrected chi connectivity index (χ1v) is 7.22. The van der Waals surface area contributed by atoms with Gasteiger partial charge in [-0.2, -0.15) is 0 Å². The number of aliphatic hydroxyl groups is 1. The smallest absolute Gasteiger partial charge is 0.224 e. The van der Waals surface area contributed by atoms with Crippen molar-refractivity contribution >= 4 is 11.6 Å². The Hall–Kier alpha value is -2.13. The number of amides is 1. The van der Waals surface area contributed by atoms with Crippen molar-refractivity contribution in [2.75, 3.05) is 5.32 Å². The lowest BCUT2D eigenvalue weighted by atomic mass is 9.94. The first-order valence-electron chi connectivity index (χ1n) is 7.22. The first-order chi connectivity index (χ1) is 10.0. The molecule has 2 aromatic carbocycles. The minimum Gasteiger partial charge on any atom is -0.384 e. The molecule has 0 bridgehead atoms.